The highest BCUT2D eigenvalue weighted by atomic mass is 32.2. The molecule has 8 nitrogen and oxygen atoms in total. The molecule has 0 spiro atoms. The molecule has 0 aliphatic rings. The minimum Gasteiger partial charge on any atom is -0.360 e. The first kappa shape index (κ1) is 25.0. The fourth-order valence-electron chi connectivity index (χ4n) is 3.84. The number of hydrogen-bond donors (Lipinski definition) is 1. The van der Waals surface area contributed by atoms with Crippen molar-refractivity contribution in [3.8, 4) is 0 Å². The van der Waals surface area contributed by atoms with Gasteiger partial charge in [-0.3, -0.25) is 19.1 Å². The van der Waals surface area contributed by atoms with Crippen molar-refractivity contribution in [2.24, 2.45) is 0 Å². The van der Waals surface area contributed by atoms with E-state index in [1.54, 1.807) is 23.6 Å². The van der Waals surface area contributed by atoms with Crippen molar-refractivity contribution in [1.29, 1.82) is 0 Å². The summed E-state index contributed by atoms with van der Waals surface area (Å²) in [5.74, 6) is 0.802. The van der Waals surface area contributed by atoms with Gasteiger partial charge in [0.05, 0.1) is 16.2 Å². The summed E-state index contributed by atoms with van der Waals surface area (Å²) < 4.78 is 6.75. The highest BCUT2D eigenvalue weighted by Gasteiger charge is 2.23. The van der Waals surface area contributed by atoms with Crippen LogP contribution in [0.1, 0.15) is 46.8 Å². The zero-order chi connectivity index (χ0) is 24.1. The Labute approximate surface area is 198 Å². The van der Waals surface area contributed by atoms with Crippen molar-refractivity contribution in [3.05, 3.63) is 46.4 Å². The lowest BCUT2D eigenvalue weighted by molar-refractivity contribution is -0.115. The van der Waals surface area contributed by atoms with E-state index >= 15 is 0 Å². The molecule has 1 N–H and O–H groups in total. The van der Waals surface area contributed by atoms with Crippen molar-refractivity contribution in [2.45, 2.75) is 77.0 Å². The number of carbonyl (C=O) groups excluding carboxylic acids is 1. The van der Waals surface area contributed by atoms with Crippen molar-refractivity contribution < 1.29 is 9.32 Å². The van der Waals surface area contributed by atoms with Crippen LogP contribution in [0.3, 0.4) is 0 Å². The molecule has 9 heteroatoms. The van der Waals surface area contributed by atoms with Gasteiger partial charge in [0.1, 0.15) is 5.76 Å². The number of aryl methyl sites for hydroxylation is 1. The molecule has 1 amide bonds. The van der Waals surface area contributed by atoms with E-state index in [0.29, 0.717) is 59.2 Å². The molecule has 33 heavy (non-hydrogen) atoms. The molecule has 0 aliphatic carbocycles. The molecule has 0 aliphatic heterocycles. The van der Waals surface area contributed by atoms with Gasteiger partial charge in [-0.25, -0.2) is 4.98 Å². The van der Waals surface area contributed by atoms with Crippen LogP contribution < -0.4 is 10.9 Å². The van der Waals surface area contributed by atoms with Crippen molar-refractivity contribution in [1.82, 2.24) is 19.6 Å². The minimum atomic E-state index is -0.437. The van der Waals surface area contributed by atoms with Crippen LogP contribution in [0.15, 0.2) is 44.8 Å². The summed E-state index contributed by atoms with van der Waals surface area (Å²) in [6.45, 7) is 13.5. The Morgan fingerprint density at radius 3 is 2.52 bits per heavy atom. The van der Waals surface area contributed by atoms with E-state index < -0.39 is 5.25 Å². The standard InChI is InChI=1S/C24H33N5O3S/c1-7-20(22(30)26-21-14-17(6)32-27-21)33-24-25-19-11-9-8-10-18(19)23(31)29(24)13-12-28(15(2)3)16(4)5/h8-11,14-16,20H,7,12-13H2,1-6H3,(H,26,27,30). The molecule has 1 atom stereocenters. The Kier molecular flexibility index (Phi) is 8.31. The zero-order valence-electron chi connectivity index (χ0n) is 20.2. The number of rotatable bonds is 10. The van der Waals surface area contributed by atoms with Crippen LogP contribution in [0.4, 0.5) is 5.82 Å². The number of aromatic nitrogens is 3. The third-order valence-electron chi connectivity index (χ3n) is 5.53. The topological polar surface area (TPSA) is 93.3 Å². The fraction of sp³-hybridized carbons (Fsp3) is 0.500. The van der Waals surface area contributed by atoms with Crippen LogP contribution in [0, 0.1) is 6.92 Å². The molecular formula is C24H33N5O3S. The summed E-state index contributed by atoms with van der Waals surface area (Å²) in [5.41, 5.74) is 0.547. The van der Waals surface area contributed by atoms with E-state index in [1.165, 1.54) is 11.8 Å². The second-order valence-electron chi connectivity index (χ2n) is 8.62. The Hall–Kier alpha value is -2.65. The van der Waals surface area contributed by atoms with E-state index in [9.17, 15) is 9.59 Å². The van der Waals surface area contributed by atoms with E-state index in [4.69, 9.17) is 9.51 Å². The lowest BCUT2D eigenvalue weighted by atomic mass is 10.2. The number of benzene rings is 1. The predicted octanol–water partition coefficient (Wildman–Crippen LogP) is 4.32. The number of nitrogens with one attached hydrogen (secondary N) is 1. The Morgan fingerprint density at radius 1 is 1.21 bits per heavy atom. The predicted molar refractivity (Wildman–Crippen MR) is 133 cm³/mol. The van der Waals surface area contributed by atoms with E-state index in [0.717, 1.165) is 0 Å². The van der Waals surface area contributed by atoms with Crippen molar-refractivity contribution in [2.75, 3.05) is 11.9 Å². The van der Waals surface area contributed by atoms with Gasteiger partial charge >= 0.3 is 0 Å². The van der Waals surface area contributed by atoms with Gasteiger partial charge in [0.25, 0.3) is 5.56 Å². The lowest BCUT2D eigenvalue weighted by Gasteiger charge is -2.31. The SMILES string of the molecule is CCC(Sc1nc2ccccc2c(=O)n1CCN(C(C)C)C(C)C)C(=O)Nc1cc(C)on1. The normalized spacial score (nSPS) is 12.8. The molecule has 2 heterocycles. The Morgan fingerprint density at radius 2 is 1.91 bits per heavy atom. The average molecular weight is 472 g/mol. The summed E-state index contributed by atoms with van der Waals surface area (Å²) in [6, 6.07) is 9.72. The van der Waals surface area contributed by atoms with Crippen molar-refractivity contribution in [3.63, 3.8) is 0 Å². The molecule has 3 aromatic rings. The third kappa shape index (κ3) is 6.03. The summed E-state index contributed by atoms with van der Waals surface area (Å²) in [4.78, 5) is 33.4. The second-order valence-corrected chi connectivity index (χ2v) is 9.79. The van der Waals surface area contributed by atoms with Gasteiger partial charge in [-0.1, -0.05) is 36.0 Å². The maximum Gasteiger partial charge on any atom is 0.262 e. The molecule has 0 radical (unpaired) electrons. The quantitative estimate of drug-likeness (QED) is 0.348. The smallest absolute Gasteiger partial charge is 0.262 e. The summed E-state index contributed by atoms with van der Waals surface area (Å²) in [5, 5.41) is 7.33. The maximum atomic E-state index is 13.4. The van der Waals surface area contributed by atoms with Crippen LogP contribution >= 0.6 is 11.8 Å². The zero-order valence-corrected chi connectivity index (χ0v) is 21.0. The van der Waals surface area contributed by atoms with Gasteiger partial charge in [-0.05, 0) is 53.2 Å². The number of thioether (sulfide) groups is 1. The van der Waals surface area contributed by atoms with Crippen LogP contribution in [0.5, 0.6) is 0 Å². The molecule has 178 valence electrons. The van der Waals surface area contributed by atoms with Gasteiger partial charge in [0.15, 0.2) is 11.0 Å². The molecule has 1 aromatic carbocycles. The first-order valence-electron chi connectivity index (χ1n) is 11.4. The number of para-hydroxylation sites is 1. The molecule has 0 bridgehead atoms. The number of nitrogens with zero attached hydrogens (tertiary/aromatic N) is 4. The number of amides is 1. The molecule has 0 saturated heterocycles. The van der Waals surface area contributed by atoms with Crippen LogP contribution in [0.25, 0.3) is 10.9 Å². The van der Waals surface area contributed by atoms with E-state index in [1.807, 2.05) is 25.1 Å². The molecule has 0 saturated carbocycles. The average Bonchev–Trinajstić information content (AvgIpc) is 3.17. The van der Waals surface area contributed by atoms with Gasteiger partial charge in [-0.15, -0.1) is 0 Å². The summed E-state index contributed by atoms with van der Waals surface area (Å²) in [6.07, 6.45) is 0.570. The van der Waals surface area contributed by atoms with Crippen LogP contribution in [0.2, 0.25) is 0 Å². The van der Waals surface area contributed by atoms with Crippen molar-refractivity contribution >= 4 is 34.4 Å². The molecule has 3 rings (SSSR count). The lowest BCUT2D eigenvalue weighted by Crippen LogP contribution is -2.40. The van der Waals surface area contributed by atoms with E-state index in [-0.39, 0.29) is 11.5 Å². The Balaban J connectivity index is 1.93. The number of hydrogen-bond acceptors (Lipinski definition) is 7. The number of anilines is 1. The van der Waals surface area contributed by atoms with E-state index in [2.05, 4.69) is 43.1 Å². The maximum absolute atomic E-state index is 13.4. The molecular weight excluding hydrogens is 438 g/mol. The fourth-order valence-corrected chi connectivity index (χ4v) is 4.88. The van der Waals surface area contributed by atoms with Crippen LogP contribution in [-0.2, 0) is 11.3 Å². The van der Waals surface area contributed by atoms with Gasteiger partial charge < -0.3 is 9.84 Å². The molecule has 1 unspecified atom stereocenters. The highest BCUT2D eigenvalue weighted by Crippen LogP contribution is 2.26. The second kappa shape index (κ2) is 11.0. The number of carbonyl (C=O) groups is 1. The van der Waals surface area contributed by atoms with Crippen LogP contribution in [-0.4, -0.2) is 49.4 Å². The molecule has 0 fully saturated rings. The highest BCUT2D eigenvalue weighted by molar-refractivity contribution is 8.00. The molecule has 2 aromatic heterocycles. The monoisotopic (exact) mass is 471 g/mol. The first-order valence-corrected chi connectivity index (χ1v) is 12.2. The summed E-state index contributed by atoms with van der Waals surface area (Å²) in [7, 11) is 0. The summed E-state index contributed by atoms with van der Waals surface area (Å²) >= 11 is 1.31. The minimum absolute atomic E-state index is 0.0852. The van der Waals surface area contributed by atoms with Gasteiger partial charge in [0.2, 0.25) is 5.91 Å². The van der Waals surface area contributed by atoms with Gasteiger partial charge in [0, 0.05) is 31.2 Å². The Bertz CT molecular complexity index is 1150. The largest absolute Gasteiger partial charge is 0.360 e. The first-order chi connectivity index (χ1) is 15.7. The van der Waals surface area contributed by atoms with Gasteiger partial charge in [-0.2, -0.15) is 0 Å². The number of fused-ring (bicyclic) bond motifs is 1. The third-order valence-corrected chi connectivity index (χ3v) is 6.88.